The number of hydrogen-bond acceptors (Lipinski definition) is 1. The Balaban J connectivity index is 2.19. The molecular weight excluding hydrogens is 189 g/mol. The summed E-state index contributed by atoms with van der Waals surface area (Å²) in [5, 5.41) is 3.22. The number of halogens is 1. The first-order valence-corrected chi connectivity index (χ1v) is 5.64. The summed E-state index contributed by atoms with van der Waals surface area (Å²) < 4.78 is 13.6. The van der Waals surface area contributed by atoms with Gasteiger partial charge in [0, 0.05) is 11.6 Å². The van der Waals surface area contributed by atoms with Crippen LogP contribution in [-0.2, 0) is 0 Å². The molecule has 0 radical (unpaired) electrons. The molecule has 82 valence electrons. The summed E-state index contributed by atoms with van der Waals surface area (Å²) in [5.41, 5.74) is 1.95. The lowest BCUT2D eigenvalue weighted by molar-refractivity contribution is 0.484. The molecule has 1 aromatic rings. The lowest BCUT2D eigenvalue weighted by Crippen LogP contribution is -2.18. The molecule has 1 nitrogen and oxygen atoms in total. The normalized spacial score (nSPS) is 17.8. The third-order valence-corrected chi connectivity index (χ3v) is 3.14. The summed E-state index contributed by atoms with van der Waals surface area (Å²) >= 11 is 0. The number of benzene rings is 1. The average Bonchev–Trinajstić information content (AvgIpc) is 3.02. The van der Waals surface area contributed by atoms with Crippen molar-refractivity contribution in [1.82, 2.24) is 5.32 Å². The SMILES string of the molecule is CNC(CC1CC1)c1cc(C)ccc1F. The van der Waals surface area contributed by atoms with Crippen molar-refractivity contribution in [1.29, 1.82) is 0 Å². The largest absolute Gasteiger partial charge is 0.313 e. The quantitative estimate of drug-likeness (QED) is 0.799. The van der Waals surface area contributed by atoms with Crippen molar-refractivity contribution in [3.8, 4) is 0 Å². The van der Waals surface area contributed by atoms with Gasteiger partial charge >= 0.3 is 0 Å². The number of hydrogen-bond donors (Lipinski definition) is 1. The van der Waals surface area contributed by atoms with E-state index in [-0.39, 0.29) is 11.9 Å². The third-order valence-electron chi connectivity index (χ3n) is 3.14. The smallest absolute Gasteiger partial charge is 0.127 e. The lowest BCUT2D eigenvalue weighted by Gasteiger charge is -2.17. The molecule has 0 amide bonds. The lowest BCUT2D eigenvalue weighted by atomic mass is 9.99. The zero-order valence-electron chi connectivity index (χ0n) is 9.39. The van der Waals surface area contributed by atoms with E-state index in [1.807, 2.05) is 26.1 Å². The second-order valence-corrected chi connectivity index (χ2v) is 4.55. The van der Waals surface area contributed by atoms with Crippen LogP contribution in [0.5, 0.6) is 0 Å². The molecule has 1 unspecified atom stereocenters. The topological polar surface area (TPSA) is 12.0 Å². The van der Waals surface area contributed by atoms with Gasteiger partial charge in [0.2, 0.25) is 0 Å². The molecule has 2 rings (SSSR count). The summed E-state index contributed by atoms with van der Waals surface area (Å²) in [7, 11) is 1.91. The molecule has 1 aromatic carbocycles. The van der Waals surface area contributed by atoms with E-state index in [1.165, 1.54) is 12.8 Å². The van der Waals surface area contributed by atoms with Crippen LogP contribution in [0.15, 0.2) is 18.2 Å². The maximum atomic E-state index is 13.6. The van der Waals surface area contributed by atoms with Crippen LogP contribution in [0.25, 0.3) is 0 Å². The molecule has 1 atom stereocenters. The Labute approximate surface area is 90.7 Å². The monoisotopic (exact) mass is 207 g/mol. The van der Waals surface area contributed by atoms with E-state index in [4.69, 9.17) is 0 Å². The van der Waals surface area contributed by atoms with E-state index in [0.29, 0.717) is 0 Å². The first-order chi connectivity index (χ1) is 7.20. The molecule has 1 aliphatic carbocycles. The Morgan fingerprint density at radius 1 is 1.47 bits per heavy atom. The summed E-state index contributed by atoms with van der Waals surface area (Å²) in [6, 6.07) is 5.53. The highest BCUT2D eigenvalue weighted by molar-refractivity contribution is 5.27. The summed E-state index contributed by atoms with van der Waals surface area (Å²) in [6.45, 7) is 2.01. The van der Waals surface area contributed by atoms with E-state index < -0.39 is 0 Å². The number of aryl methyl sites for hydroxylation is 1. The fourth-order valence-electron chi connectivity index (χ4n) is 2.02. The van der Waals surface area contributed by atoms with Gasteiger partial charge in [-0.3, -0.25) is 0 Å². The molecule has 1 fully saturated rings. The van der Waals surface area contributed by atoms with Gasteiger partial charge in [0.1, 0.15) is 5.82 Å². The second-order valence-electron chi connectivity index (χ2n) is 4.55. The fourth-order valence-corrected chi connectivity index (χ4v) is 2.02. The van der Waals surface area contributed by atoms with Crippen molar-refractivity contribution < 1.29 is 4.39 Å². The molecule has 15 heavy (non-hydrogen) atoms. The molecule has 0 saturated heterocycles. The van der Waals surface area contributed by atoms with E-state index in [9.17, 15) is 4.39 Å². The van der Waals surface area contributed by atoms with Crippen molar-refractivity contribution in [2.75, 3.05) is 7.05 Å². The minimum absolute atomic E-state index is 0.0828. The molecule has 0 aromatic heterocycles. The molecule has 0 heterocycles. The summed E-state index contributed by atoms with van der Waals surface area (Å²) in [4.78, 5) is 0. The van der Waals surface area contributed by atoms with Crippen LogP contribution in [0.2, 0.25) is 0 Å². The van der Waals surface area contributed by atoms with E-state index in [2.05, 4.69) is 5.32 Å². The Morgan fingerprint density at radius 3 is 2.80 bits per heavy atom. The van der Waals surface area contributed by atoms with Crippen LogP contribution in [0.3, 0.4) is 0 Å². The van der Waals surface area contributed by atoms with Gasteiger partial charge in [-0.2, -0.15) is 0 Å². The van der Waals surface area contributed by atoms with Crippen molar-refractivity contribution in [2.45, 2.75) is 32.2 Å². The van der Waals surface area contributed by atoms with Gasteiger partial charge in [0.15, 0.2) is 0 Å². The highest BCUT2D eigenvalue weighted by Crippen LogP contribution is 2.38. The van der Waals surface area contributed by atoms with E-state index >= 15 is 0 Å². The van der Waals surface area contributed by atoms with Gasteiger partial charge in [0.25, 0.3) is 0 Å². The van der Waals surface area contributed by atoms with Gasteiger partial charge < -0.3 is 5.32 Å². The summed E-state index contributed by atoms with van der Waals surface area (Å²) in [6.07, 6.45) is 3.69. The number of nitrogens with one attached hydrogen (secondary N) is 1. The Morgan fingerprint density at radius 2 is 2.20 bits per heavy atom. The maximum absolute atomic E-state index is 13.6. The maximum Gasteiger partial charge on any atom is 0.127 e. The molecular formula is C13H18FN. The van der Waals surface area contributed by atoms with E-state index in [0.717, 1.165) is 23.5 Å². The van der Waals surface area contributed by atoms with Gasteiger partial charge in [-0.25, -0.2) is 4.39 Å². The van der Waals surface area contributed by atoms with Crippen LogP contribution < -0.4 is 5.32 Å². The first kappa shape index (κ1) is 10.6. The van der Waals surface area contributed by atoms with Crippen LogP contribution in [0, 0.1) is 18.7 Å². The molecule has 2 heteroatoms. The van der Waals surface area contributed by atoms with Crippen LogP contribution >= 0.6 is 0 Å². The van der Waals surface area contributed by atoms with Crippen LogP contribution in [0.4, 0.5) is 4.39 Å². The van der Waals surface area contributed by atoms with Gasteiger partial charge in [-0.1, -0.05) is 30.5 Å². The molecule has 0 aliphatic heterocycles. The second kappa shape index (κ2) is 4.31. The minimum Gasteiger partial charge on any atom is -0.313 e. The molecule has 1 saturated carbocycles. The predicted octanol–water partition coefficient (Wildman–Crippen LogP) is 3.19. The van der Waals surface area contributed by atoms with Gasteiger partial charge in [0.05, 0.1) is 0 Å². The Kier molecular flexibility index (Phi) is 3.06. The molecule has 1 N–H and O–H groups in total. The van der Waals surface area contributed by atoms with Crippen molar-refractivity contribution in [3.05, 3.63) is 35.1 Å². The molecule has 0 spiro atoms. The highest BCUT2D eigenvalue weighted by Gasteiger charge is 2.26. The van der Waals surface area contributed by atoms with Crippen LogP contribution in [0.1, 0.15) is 36.4 Å². The van der Waals surface area contributed by atoms with Crippen molar-refractivity contribution in [2.24, 2.45) is 5.92 Å². The Bertz CT molecular complexity index is 344. The molecule has 1 aliphatic rings. The van der Waals surface area contributed by atoms with Crippen LogP contribution in [-0.4, -0.2) is 7.05 Å². The number of rotatable bonds is 4. The Hall–Kier alpha value is -0.890. The van der Waals surface area contributed by atoms with Crippen molar-refractivity contribution in [3.63, 3.8) is 0 Å². The highest BCUT2D eigenvalue weighted by atomic mass is 19.1. The fraction of sp³-hybridized carbons (Fsp3) is 0.538. The predicted molar refractivity (Wildman–Crippen MR) is 60.3 cm³/mol. The first-order valence-electron chi connectivity index (χ1n) is 5.64. The minimum atomic E-state index is -0.0828. The van der Waals surface area contributed by atoms with E-state index in [1.54, 1.807) is 6.07 Å². The average molecular weight is 207 g/mol. The van der Waals surface area contributed by atoms with Gasteiger partial charge in [-0.15, -0.1) is 0 Å². The zero-order valence-corrected chi connectivity index (χ0v) is 9.39. The van der Waals surface area contributed by atoms with Gasteiger partial charge in [-0.05, 0) is 32.4 Å². The van der Waals surface area contributed by atoms with Crippen molar-refractivity contribution >= 4 is 0 Å². The zero-order chi connectivity index (χ0) is 10.8. The molecule has 0 bridgehead atoms. The summed E-state index contributed by atoms with van der Waals surface area (Å²) in [5.74, 6) is 0.725. The third kappa shape index (κ3) is 2.57. The standard InChI is InChI=1S/C13H18FN/c1-9-3-6-12(14)11(7-9)13(15-2)8-10-4-5-10/h3,6-7,10,13,15H,4-5,8H2,1-2H3.